The van der Waals surface area contributed by atoms with E-state index in [9.17, 15) is 0 Å². The molecule has 0 unspecified atom stereocenters. The summed E-state index contributed by atoms with van der Waals surface area (Å²) in [7, 11) is 0. The van der Waals surface area contributed by atoms with Crippen LogP contribution in [-0.2, 0) is 15.9 Å². The SMILES string of the molecule is CCNC(=NCCCOCC1CCOCC1)NCCc1cccc(Cl)c1.I. The summed E-state index contributed by atoms with van der Waals surface area (Å²) in [4.78, 5) is 4.61. The molecule has 0 bridgehead atoms. The Hall–Kier alpha value is -0.570. The molecule has 0 saturated carbocycles. The fraction of sp³-hybridized carbons (Fsp3) is 0.650. The van der Waals surface area contributed by atoms with Crippen LogP contribution >= 0.6 is 35.6 Å². The lowest BCUT2D eigenvalue weighted by Crippen LogP contribution is -2.38. The van der Waals surface area contributed by atoms with E-state index >= 15 is 0 Å². The van der Waals surface area contributed by atoms with Gasteiger partial charge < -0.3 is 20.1 Å². The minimum absolute atomic E-state index is 0. The highest BCUT2D eigenvalue weighted by Gasteiger charge is 2.13. The van der Waals surface area contributed by atoms with Crippen LogP contribution in [0.2, 0.25) is 5.02 Å². The molecule has 1 aliphatic rings. The van der Waals surface area contributed by atoms with E-state index in [-0.39, 0.29) is 24.0 Å². The summed E-state index contributed by atoms with van der Waals surface area (Å²) in [5.74, 6) is 1.52. The van der Waals surface area contributed by atoms with Gasteiger partial charge in [0.2, 0.25) is 0 Å². The normalized spacial score (nSPS) is 15.3. The van der Waals surface area contributed by atoms with Crippen molar-refractivity contribution in [3.63, 3.8) is 0 Å². The Morgan fingerprint density at radius 3 is 2.85 bits per heavy atom. The molecule has 7 heteroatoms. The van der Waals surface area contributed by atoms with E-state index < -0.39 is 0 Å². The molecule has 1 aliphatic heterocycles. The van der Waals surface area contributed by atoms with Crippen LogP contribution in [0, 0.1) is 5.92 Å². The van der Waals surface area contributed by atoms with Crippen LogP contribution in [0.3, 0.4) is 0 Å². The minimum Gasteiger partial charge on any atom is -0.381 e. The predicted octanol–water partition coefficient (Wildman–Crippen LogP) is 3.89. The Morgan fingerprint density at radius 2 is 2.11 bits per heavy atom. The molecule has 154 valence electrons. The van der Waals surface area contributed by atoms with Gasteiger partial charge in [0.25, 0.3) is 0 Å². The third-order valence-electron chi connectivity index (χ3n) is 4.35. The quantitative estimate of drug-likeness (QED) is 0.217. The largest absolute Gasteiger partial charge is 0.381 e. The first-order chi connectivity index (χ1) is 12.8. The van der Waals surface area contributed by atoms with Gasteiger partial charge in [0, 0.05) is 51.1 Å². The Bertz CT molecular complexity index is 540. The van der Waals surface area contributed by atoms with E-state index in [4.69, 9.17) is 21.1 Å². The van der Waals surface area contributed by atoms with Gasteiger partial charge in [0.1, 0.15) is 0 Å². The molecular formula is C20H33ClIN3O2. The first kappa shape index (κ1) is 24.5. The molecule has 0 atom stereocenters. The van der Waals surface area contributed by atoms with Crippen LogP contribution in [0.4, 0.5) is 0 Å². The second-order valence-electron chi connectivity index (χ2n) is 6.55. The highest BCUT2D eigenvalue weighted by molar-refractivity contribution is 14.0. The molecule has 0 radical (unpaired) electrons. The number of aliphatic imine (C=N–C) groups is 1. The van der Waals surface area contributed by atoms with Crippen LogP contribution in [0.15, 0.2) is 29.3 Å². The van der Waals surface area contributed by atoms with Gasteiger partial charge in [0.05, 0.1) is 0 Å². The number of halogens is 2. The smallest absolute Gasteiger partial charge is 0.191 e. The Labute approximate surface area is 185 Å². The van der Waals surface area contributed by atoms with E-state index in [0.717, 1.165) is 82.7 Å². The molecule has 1 fully saturated rings. The molecule has 5 nitrogen and oxygen atoms in total. The van der Waals surface area contributed by atoms with Gasteiger partial charge in [-0.15, -0.1) is 24.0 Å². The number of ether oxygens (including phenoxy) is 2. The highest BCUT2D eigenvalue weighted by atomic mass is 127. The number of rotatable bonds is 10. The van der Waals surface area contributed by atoms with Gasteiger partial charge in [-0.1, -0.05) is 23.7 Å². The van der Waals surface area contributed by atoms with Gasteiger partial charge >= 0.3 is 0 Å². The molecule has 1 heterocycles. The minimum atomic E-state index is 0. The van der Waals surface area contributed by atoms with Gasteiger partial charge in [-0.3, -0.25) is 4.99 Å². The fourth-order valence-electron chi connectivity index (χ4n) is 2.88. The van der Waals surface area contributed by atoms with Crippen molar-refractivity contribution in [2.75, 3.05) is 46.1 Å². The van der Waals surface area contributed by atoms with Crippen molar-refractivity contribution in [2.24, 2.45) is 10.9 Å². The summed E-state index contributed by atoms with van der Waals surface area (Å²) >= 11 is 6.02. The zero-order chi connectivity index (χ0) is 18.5. The van der Waals surface area contributed by atoms with E-state index in [1.54, 1.807) is 0 Å². The molecule has 0 spiro atoms. The van der Waals surface area contributed by atoms with Crippen LogP contribution < -0.4 is 10.6 Å². The van der Waals surface area contributed by atoms with Gasteiger partial charge in [-0.25, -0.2) is 0 Å². The molecule has 2 N–H and O–H groups in total. The van der Waals surface area contributed by atoms with Crippen molar-refractivity contribution >= 4 is 41.5 Å². The lowest BCUT2D eigenvalue weighted by Gasteiger charge is -2.21. The molecule has 0 amide bonds. The van der Waals surface area contributed by atoms with E-state index in [1.165, 1.54) is 5.56 Å². The molecule has 0 aromatic heterocycles. The summed E-state index contributed by atoms with van der Waals surface area (Å²) in [6, 6.07) is 7.97. The molecule has 1 aromatic carbocycles. The average Bonchev–Trinajstić information content (AvgIpc) is 2.65. The molecular weight excluding hydrogens is 477 g/mol. The van der Waals surface area contributed by atoms with Crippen LogP contribution in [0.1, 0.15) is 31.7 Å². The third kappa shape index (κ3) is 11.1. The molecule has 1 aromatic rings. The molecule has 0 aliphatic carbocycles. The molecule has 1 saturated heterocycles. The van der Waals surface area contributed by atoms with Crippen molar-refractivity contribution in [3.05, 3.63) is 34.9 Å². The first-order valence-electron chi connectivity index (χ1n) is 9.70. The maximum Gasteiger partial charge on any atom is 0.191 e. The molecule has 2 rings (SSSR count). The van der Waals surface area contributed by atoms with Crippen molar-refractivity contribution < 1.29 is 9.47 Å². The summed E-state index contributed by atoms with van der Waals surface area (Å²) in [6.07, 6.45) is 4.10. The number of hydrogen-bond donors (Lipinski definition) is 2. The summed E-state index contributed by atoms with van der Waals surface area (Å²) in [6.45, 7) is 7.89. The second kappa shape index (κ2) is 15.4. The highest BCUT2D eigenvalue weighted by Crippen LogP contribution is 2.14. The van der Waals surface area contributed by atoms with Gasteiger partial charge in [-0.2, -0.15) is 0 Å². The zero-order valence-electron chi connectivity index (χ0n) is 16.2. The second-order valence-corrected chi connectivity index (χ2v) is 6.99. The van der Waals surface area contributed by atoms with Crippen molar-refractivity contribution in [3.8, 4) is 0 Å². The Morgan fingerprint density at radius 1 is 1.30 bits per heavy atom. The van der Waals surface area contributed by atoms with Crippen LogP contribution in [0.25, 0.3) is 0 Å². The number of hydrogen-bond acceptors (Lipinski definition) is 3. The number of benzene rings is 1. The third-order valence-corrected chi connectivity index (χ3v) is 4.59. The topological polar surface area (TPSA) is 54.9 Å². The monoisotopic (exact) mass is 509 g/mol. The number of nitrogens with zero attached hydrogens (tertiary/aromatic N) is 1. The molecule has 27 heavy (non-hydrogen) atoms. The van der Waals surface area contributed by atoms with Crippen molar-refractivity contribution in [1.82, 2.24) is 10.6 Å². The number of nitrogens with one attached hydrogen (secondary N) is 2. The van der Waals surface area contributed by atoms with Crippen molar-refractivity contribution in [2.45, 2.75) is 32.6 Å². The predicted molar refractivity (Wildman–Crippen MR) is 124 cm³/mol. The maximum atomic E-state index is 6.02. The van der Waals surface area contributed by atoms with Gasteiger partial charge in [-0.05, 0) is 56.2 Å². The fourth-order valence-corrected chi connectivity index (χ4v) is 3.09. The average molecular weight is 510 g/mol. The van der Waals surface area contributed by atoms with E-state index in [2.05, 4.69) is 28.6 Å². The first-order valence-corrected chi connectivity index (χ1v) is 10.1. The standard InChI is InChI=1S/C20H32ClN3O2.HI/c1-2-22-20(24-11-7-17-5-3-6-19(21)15-17)23-10-4-12-26-16-18-8-13-25-14-9-18;/h3,5-6,15,18H,2,4,7-14,16H2,1H3,(H2,22,23,24);1H. The van der Waals surface area contributed by atoms with Crippen molar-refractivity contribution in [1.29, 1.82) is 0 Å². The Kier molecular flexibility index (Phi) is 13.9. The van der Waals surface area contributed by atoms with E-state index in [0.29, 0.717) is 5.92 Å². The van der Waals surface area contributed by atoms with Crippen LogP contribution in [0.5, 0.6) is 0 Å². The lowest BCUT2D eigenvalue weighted by atomic mass is 10.0. The Balaban J connectivity index is 0.00000364. The van der Waals surface area contributed by atoms with E-state index in [1.807, 2.05) is 18.2 Å². The summed E-state index contributed by atoms with van der Waals surface area (Å²) < 4.78 is 11.2. The number of guanidine groups is 1. The van der Waals surface area contributed by atoms with Gasteiger partial charge in [0.15, 0.2) is 5.96 Å². The summed E-state index contributed by atoms with van der Waals surface area (Å²) in [5.41, 5.74) is 1.22. The van der Waals surface area contributed by atoms with Crippen LogP contribution in [-0.4, -0.2) is 52.0 Å². The zero-order valence-corrected chi connectivity index (χ0v) is 19.3. The lowest BCUT2D eigenvalue weighted by molar-refractivity contribution is 0.0205. The maximum absolute atomic E-state index is 6.02. The summed E-state index contributed by atoms with van der Waals surface area (Å²) in [5, 5.41) is 7.43.